The highest BCUT2D eigenvalue weighted by Crippen LogP contribution is 2.36. The summed E-state index contributed by atoms with van der Waals surface area (Å²) in [4.78, 5) is 12.2. The van der Waals surface area contributed by atoms with E-state index in [0.717, 1.165) is 10.4 Å². The number of nitrogens with one attached hydrogen (secondary N) is 1. The molecule has 0 aromatic heterocycles. The van der Waals surface area contributed by atoms with Gasteiger partial charge in [0.15, 0.2) is 0 Å². The lowest BCUT2D eigenvalue weighted by molar-refractivity contribution is -0.137. The molecule has 1 N–H and O–H groups in total. The largest absolute Gasteiger partial charge is 0.417 e. The van der Waals surface area contributed by atoms with Crippen LogP contribution in [0.3, 0.4) is 0 Å². The van der Waals surface area contributed by atoms with E-state index in [0.29, 0.717) is 0 Å². The summed E-state index contributed by atoms with van der Waals surface area (Å²) in [5.41, 5.74) is -0.863. The molecule has 0 spiro atoms. The maximum absolute atomic E-state index is 12.8. The Hall–Kier alpha value is -1.32. The minimum atomic E-state index is -4.59. The zero-order valence-corrected chi connectivity index (χ0v) is 14.3. The lowest BCUT2D eigenvalue weighted by Gasteiger charge is -2.21. The van der Waals surface area contributed by atoms with E-state index < -0.39 is 38.7 Å². The van der Waals surface area contributed by atoms with E-state index in [1.54, 1.807) is 6.92 Å². The van der Waals surface area contributed by atoms with Crippen molar-refractivity contribution < 1.29 is 26.4 Å². The Kier molecular flexibility index (Phi) is 5.46. The predicted octanol–water partition coefficient (Wildman–Crippen LogP) is 2.40. The molecule has 24 heavy (non-hydrogen) atoms. The Balaban J connectivity index is 2.11. The quantitative estimate of drug-likeness (QED) is 0.866. The Morgan fingerprint density at radius 1 is 1.42 bits per heavy atom. The van der Waals surface area contributed by atoms with Crippen LogP contribution in [0.2, 0.25) is 5.02 Å². The third kappa shape index (κ3) is 3.84. The van der Waals surface area contributed by atoms with Crippen LogP contribution in [0.1, 0.15) is 24.5 Å². The molecule has 1 aromatic carbocycles. The fourth-order valence-corrected chi connectivity index (χ4v) is 4.67. The number of halogens is 4. The van der Waals surface area contributed by atoms with Crippen LogP contribution in [0.5, 0.6) is 0 Å². The van der Waals surface area contributed by atoms with Crippen molar-refractivity contribution in [1.29, 1.82) is 0 Å². The van der Waals surface area contributed by atoms with Gasteiger partial charge in [0.1, 0.15) is 6.04 Å². The Labute approximate surface area is 142 Å². The molecule has 1 fully saturated rings. The molecular weight excluding hydrogens is 369 g/mol. The molecule has 134 valence electrons. The Bertz CT molecular complexity index is 737. The lowest BCUT2D eigenvalue weighted by atomic mass is 10.1. The van der Waals surface area contributed by atoms with Gasteiger partial charge in [0.2, 0.25) is 15.9 Å². The average Bonchev–Trinajstić information content (AvgIpc) is 2.79. The first-order valence-electron chi connectivity index (χ1n) is 7.19. The lowest BCUT2D eigenvalue weighted by Crippen LogP contribution is -2.44. The van der Waals surface area contributed by atoms with E-state index in [1.165, 1.54) is 12.1 Å². The Morgan fingerprint density at radius 3 is 2.67 bits per heavy atom. The molecule has 1 atom stereocenters. The molecule has 1 aliphatic heterocycles. The third-order valence-electron chi connectivity index (χ3n) is 3.81. The average molecular weight is 385 g/mol. The molecule has 1 saturated heterocycles. The maximum atomic E-state index is 12.8. The van der Waals surface area contributed by atoms with E-state index in [1.807, 2.05) is 0 Å². The van der Waals surface area contributed by atoms with Crippen molar-refractivity contribution in [3.05, 3.63) is 34.3 Å². The number of carbonyl (C=O) groups is 1. The smallest absolute Gasteiger partial charge is 0.351 e. The number of hydrogen-bond acceptors (Lipinski definition) is 3. The summed E-state index contributed by atoms with van der Waals surface area (Å²) in [5.74, 6) is -0.671. The van der Waals surface area contributed by atoms with E-state index in [4.69, 9.17) is 11.6 Å². The molecule has 1 aliphatic rings. The van der Waals surface area contributed by atoms with Crippen molar-refractivity contribution in [2.24, 2.45) is 0 Å². The second kappa shape index (κ2) is 6.89. The van der Waals surface area contributed by atoms with Crippen molar-refractivity contribution >= 4 is 27.5 Å². The van der Waals surface area contributed by atoms with Crippen LogP contribution in [0.15, 0.2) is 18.2 Å². The number of alkyl halides is 3. The first-order valence-corrected chi connectivity index (χ1v) is 9.18. The molecule has 0 saturated carbocycles. The maximum Gasteiger partial charge on any atom is 0.417 e. The fraction of sp³-hybridized carbons (Fsp3) is 0.500. The van der Waals surface area contributed by atoms with Crippen molar-refractivity contribution in [3.8, 4) is 0 Å². The summed E-state index contributed by atoms with van der Waals surface area (Å²) >= 11 is 5.76. The summed E-state index contributed by atoms with van der Waals surface area (Å²) in [7, 11) is -3.45. The van der Waals surface area contributed by atoms with Crippen molar-refractivity contribution in [3.63, 3.8) is 0 Å². The van der Waals surface area contributed by atoms with Gasteiger partial charge in [-0.1, -0.05) is 30.7 Å². The van der Waals surface area contributed by atoms with Gasteiger partial charge in [0.25, 0.3) is 0 Å². The minimum Gasteiger partial charge on any atom is -0.351 e. The number of nitrogens with zero attached hydrogens (tertiary/aromatic N) is 1. The van der Waals surface area contributed by atoms with Crippen LogP contribution in [-0.2, 0) is 27.5 Å². The molecule has 10 heteroatoms. The molecule has 0 unspecified atom stereocenters. The molecule has 1 aromatic rings. The second-order valence-electron chi connectivity index (χ2n) is 5.32. The summed E-state index contributed by atoms with van der Waals surface area (Å²) < 4.78 is 63.1. The van der Waals surface area contributed by atoms with Gasteiger partial charge in [0, 0.05) is 13.1 Å². The summed E-state index contributed by atoms with van der Waals surface area (Å²) in [6.07, 6.45) is -4.44. The molecule has 1 heterocycles. The standard InChI is InChI=1S/C14H16ClF3N2O3S/c1-2-20-11(6-7-24(20,22)23)13(21)19-8-9-4-3-5-10(12(9)15)14(16,17)18/h3-5,11H,2,6-8H2,1H3,(H,19,21)/t11-/m0/s1. The first-order chi connectivity index (χ1) is 11.1. The molecule has 0 aliphatic carbocycles. The van der Waals surface area contributed by atoms with E-state index in [9.17, 15) is 26.4 Å². The Morgan fingerprint density at radius 2 is 2.08 bits per heavy atom. The first kappa shape index (κ1) is 19.0. The highest BCUT2D eigenvalue weighted by Gasteiger charge is 2.40. The predicted molar refractivity (Wildman–Crippen MR) is 82.9 cm³/mol. The second-order valence-corrected chi connectivity index (χ2v) is 7.74. The van der Waals surface area contributed by atoms with Gasteiger partial charge in [0.05, 0.1) is 16.3 Å². The van der Waals surface area contributed by atoms with Crippen LogP contribution < -0.4 is 5.32 Å². The topological polar surface area (TPSA) is 66.5 Å². The van der Waals surface area contributed by atoms with E-state index in [-0.39, 0.29) is 30.8 Å². The highest BCUT2D eigenvalue weighted by molar-refractivity contribution is 7.89. The molecule has 5 nitrogen and oxygen atoms in total. The number of hydrogen-bond donors (Lipinski definition) is 1. The SMILES string of the molecule is CCN1[C@H](C(=O)NCc2cccc(C(F)(F)F)c2Cl)CCS1(=O)=O. The number of amides is 1. The zero-order chi connectivity index (χ0) is 18.1. The van der Waals surface area contributed by atoms with Crippen LogP contribution in [-0.4, -0.2) is 37.0 Å². The van der Waals surface area contributed by atoms with Crippen LogP contribution in [0.4, 0.5) is 13.2 Å². The number of benzene rings is 1. The van der Waals surface area contributed by atoms with E-state index >= 15 is 0 Å². The minimum absolute atomic E-state index is 0.115. The van der Waals surface area contributed by atoms with Gasteiger partial charge in [-0.15, -0.1) is 0 Å². The van der Waals surface area contributed by atoms with Crippen molar-refractivity contribution in [1.82, 2.24) is 9.62 Å². The number of carbonyl (C=O) groups excluding carboxylic acids is 1. The summed E-state index contributed by atoms with van der Waals surface area (Å²) in [6, 6.07) is 2.59. The fourth-order valence-electron chi connectivity index (χ4n) is 2.63. The van der Waals surface area contributed by atoms with Crippen LogP contribution >= 0.6 is 11.6 Å². The molecule has 0 radical (unpaired) electrons. The van der Waals surface area contributed by atoms with Crippen molar-refractivity contribution in [2.45, 2.75) is 32.1 Å². The third-order valence-corrected chi connectivity index (χ3v) is 6.23. The van der Waals surface area contributed by atoms with Crippen molar-refractivity contribution in [2.75, 3.05) is 12.3 Å². The molecule has 0 bridgehead atoms. The van der Waals surface area contributed by atoms with Crippen LogP contribution in [0.25, 0.3) is 0 Å². The van der Waals surface area contributed by atoms with Gasteiger partial charge in [-0.25, -0.2) is 8.42 Å². The number of likely N-dealkylation sites (N-methyl/N-ethyl adjacent to an activating group) is 1. The van der Waals surface area contributed by atoms with Crippen LogP contribution in [0, 0.1) is 0 Å². The zero-order valence-electron chi connectivity index (χ0n) is 12.7. The van der Waals surface area contributed by atoms with Gasteiger partial charge < -0.3 is 5.32 Å². The molecule has 2 rings (SSSR count). The summed E-state index contributed by atoms with van der Waals surface area (Å²) in [6.45, 7) is 1.56. The normalized spacial score (nSPS) is 21.0. The molecular formula is C14H16ClF3N2O3S. The van der Waals surface area contributed by atoms with Gasteiger partial charge >= 0.3 is 6.18 Å². The van der Waals surface area contributed by atoms with E-state index in [2.05, 4.69) is 5.32 Å². The van der Waals surface area contributed by atoms with Gasteiger partial charge in [-0.2, -0.15) is 17.5 Å². The van der Waals surface area contributed by atoms with Gasteiger partial charge in [-0.3, -0.25) is 4.79 Å². The van der Waals surface area contributed by atoms with Gasteiger partial charge in [-0.05, 0) is 18.1 Å². The molecule has 1 amide bonds. The monoisotopic (exact) mass is 384 g/mol. The number of sulfonamides is 1. The number of rotatable bonds is 4. The highest BCUT2D eigenvalue weighted by atomic mass is 35.5. The summed E-state index contributed by atoms with van der Waals surface area (Å²) in [5, 5.41) is 1.99.